The lowest BCUT2D eigenvalue weighted by molar-refractivity contribution is -0.117. The van der Waals surface area contributed by atoms with Crippen molar-refractivity contribution in [3.05, 3.63) is 23.3 Å². The summed E-state index contributed by atoms with van der Waals surface area (Å²) in [7, 11) is 0. The van der Waals surface area contributed by atoms with Crippen LogP contribution in [0.2, 0.25) is 0 Å². The normalized spacial score (nSPS) is 17.2. The molecule has 118 valence electrons. The highest BCUT2D eigenvalue weighted by Gasteiger charge is 2.23. The monoisotopic (exact) mass is 302 g/mol. The van der Waals surface area contributed by atoms with Crippen molar-refractivity contribution in [2.45, 2.75) is 13.8 Å². The van der Waals surface area contributed by atoms with Crippen LogP contribution in [0, 0.1) is 13.8 Å². The molecule has 2 saturated heterocycles. The third-order valence-corrected chi connectivity index (χ3v) is 3.96. The molecule has 2 amide bonds. The van der Waals surface area contributed by atoms with Crippen molar-refractivity contribution in [3.63, 3.8) is 0 Å². The van der Waals surface area contributed by atoms with Gasteiger partial charge in [0.1, 0.15) is 0 Å². The molecule has 6 heteroatoms. The second kappa shape index (κ2) is 6.06. The van der Waals surface area contributed by atoms with Gasteiger partial charge >= 0.3 is 0 Å². The Balaban J connectivity index is 1.74. The molecule has 2 fully saturated rings. The zero-order chi connectivity index (χ0) is 15.7. The van der Waals surface area contributed by atoms with Crippen molar-refractivity contribution in [2.24, 2.45) is 0 Å². The summed E-state index contributed by atoms with van der Waals surface area (Å²) in [6.45, 7) is 8.64. The van der Waals surface area contributed by atoms with Gasteiger partial charge in [0.15, 0.2) is 0 Å². The van der Waals surface area contributed by atoms with E-state index in [1.165, 1.54) is 0 Å². The van der Waals surface area contributed by atoms with Crippen LogP contribution in [0.25, 0.3) is 0 Å². The number of anilines is 2. The lowest BCUT2D eigenvalue weighted by Gasteiger charge is -2.17. The van der Waals surface area contributed by atoms with Gasteiger partial charge in [-0.2, -0.15) is 0 Å². The molecule has 1 aromatic rings. The molecular weight excluding hydrogens is 280 g/mol. The van der Waals surface area contributed by atoms with Gasteiger partial charge in [0, 0.05) is 26.2 Å². The van der Waals surface area contributed by atoms with Gasteiger partial charge in [-0.25, -0.2) is 0 Å². The summed E-state index contributed by atoms with van der Waals surface area (Å²) in [4.78, 5) is 28.3. The van der Waals surface area contributed by atoms with E-state index in [1.54, 1.807) is 0 Å². The van der Waals surface area contributed by atoms with Gasteiger partial charge in [-0.15, -0.1) is 0 Å². The summed E-state index contributed by atoms with van der Waals surface area (Å²) >= 11 is 0. The average Bonchev–Trinajstić information content (AvgIpc) is 3.35. The highest BCUT2D eigenvalue weighted by atomic mass is 16.2. The van der Waals surface area contributed by atoms with Crippen molar-refractivity contribution in [1.29, 1.82) is 0 Å². The Kier molecular flexibility index (Phi) is 4.13. The van der Waals surface area contributed by atoms with E-state index in [2.05, 4.69) is 20.4 Å². The third-order valence-electron chi connectivity index (χ3n) is 3.96. The predicted octanol–water partition coefficient (Wildman–Crippen LogP) is 0.812. The van der Waals surface area contributed by atoms with Gasteiger partial charge < -0.3 is 10.6 Å². The largest absolute Gasteiger partial charge is 0.323 e. The summed E-state index contributed by atoms with van der Waals surface area (Å²) in [5, 5.41) is 5.91. The highest BCUT2D eigenvalue weighted by molar-refractivity contribution is 6.02. The molecule has 0 bridgehead atoms. The van der Waals surface area contributed by atoms with E-state index in [1.807, 2.05) is 26.0 Å². The van der Waals surface area contributed by atoms with Crippen LogP contribution in [0.15, 0.2) is 12.1 Å². The van der Waals surface area contributed by atoms with Gasteiger partial charge in [-0.05, 0) is 25.0 Å². The van der Waals surface area contributed by atoms with Crippen LogP contribution in [0.4, 0.5) is 11.4 Å². The van der Waals surface area contributed by atoms with Crippen molar-refractivity contribution >= 4 is 23.2 Å². The van der Waals surface area contributed by atoms with Crippen LogP contribution in [0.5, 0.6) is 0 Å². The van der Waals surface area contributed by atoms with E-state index in [-0.39, 0.29) is 11.8 Å². The van der Waals surface area contributed by atoms with Gasteiger partial charge in [-0.3, -0.25) is 19.4 Å². The molecule has 0 saturated carbocycles. The van der Waals surface area contributed by atoms with E-state index >= 15 is 0 Å². The van der Waals surface area contributed by atoms with Crippen molar-refractivity contribution in [3.8, 4) is 0 Å². The Morgan fingerprint density at radius 3 is 1.55 bits per heavy atom. The summed E-state index contributed by atoms with van der Waals surface area (Å²) in [6, 6.07) is 3.92. The van der Waals surface area contributed by atoms with E-state index in [9.17, 15) is 9.59 Å². The van der Waals surface area contributed by atoms with E-state index in [0.29, 0.717) is 24.5 Å². The SMILES string of the molecule is Cc1ccc(C)c(NC(=O)CN2CC2)c1NC(=O)CN1CC1. The number of aryl methyl sites for hydroxylation is 2. The van der Waals surface area contributed by atoms with Crippen molar-refractivity contribution < 1.29 is 9.59 Å². The smallest absolute Gasteiger partial charge is 0.238 e. The standard InChI is InChI=1S/C16H22N4O2/c1-11-3-4-12(2)16(18-14(22)10-20-7-8-20)15(11)17-13(21)9-19-5-6-19/h3-4H,5-10H2,1-2H3,(H,17,21)(H,18,22). The molecule has 0 aromatic heterocycles. The molecule has 2 aliphatic rings. The second-order valence-corrected chi connectivity index (χ2v) is 6.10. The van der Waals surface area contributed by atoms with Crippen LogP contribution in [0.3, 0.4) is 0 Å². The molecule has 1 aromatic carbocycles. The topological polar surface area (TPSA) is 64.2 Å². The maximum atomic E-state index is 12.1. The van der Waals surface area contributed by atoms with E-state index < -0.39 is 0 Å². The molecule has 6 nitrogen and oxygen atoms in total. The molecule has 2 aliphatic heterocycles. The van der Waals surface area contributed by atoms with E-state index in [0.717, 1.165) is 37.3 Å². The molecule has 0 aliphatic carbocycles. The average molecular weight is 302 g/mol. The Hall–Kier alpha value is -1.92. The summed E-state index contributed by atoms with van der Waals surface area (Å²) in [5.74, 6) is -0.0692. The van der Waals surface area contributed by atoms with Crippen molar-refractivity contribution in [2.75, 3.05) is 49.9 Å². The molecule has 0 unspecified atom stereocenters. The lowest BCUT2D eigenvalue weighted by atomic mass is 10.1. The quantitative estimate of drug-likeness (QED) is 0.763. The zero-order valence-corrected chi connectivity index (χ0v) is 13.1. The number of rotatable bonds is 6. The van der Waals surface area contributed by atoms with Gasteiger partial charge in [0.25, 0.3) is 0 Å². The highest BCUT2D eigenvalue weighted by Crippen LogP contribution is 2.30. The summed E-state index contributed by atoms with van der Waals surface area (Å²) in [5.41, 5.74) is 3.33. The minimum atomic E-state index is -0.0346. The fourth-order valence-electron chi connectivity index (χ4n) is 2.35. The maximum Gasteiger partial charge on any atom is 0.238 e. The molecule has 0 radical (unpaired) electrons. The second-order valence-electron chi connectivity index (χ2n) is 6.10. The Morgan fingerprint density at radius 1 is 0.864 bits per heavy atom. The van der Waals surface area contributed by atoms with Crippen LogP contribution in [0.1, 0.15) is 11.1 Å². The molecule has 2 N–H and O–H groups in total. The number of hydrogen-bond acceptors (Lipinski definition) is 4. The van der Waals surface area contributed by atoms with Crippen LogP contribution in [-0.2, 0) is 9.59 Å². The first-order valence-corrected chi connectivity index (χ1v) is 7.67. The predicted molar refractivity (Wildman–Crippen MR) is 86.1 cm³/mol. The first-order chi connectivity index (χ1) is 10.5. The number of benzene rings is 1. The van der Waals surface area contributed by atoms with Crippen molar-refractivity contribution in [1.82, 2.24) is 9.80 Å². The maximum absolute atomic E-state index is 12.1. The van der Waals surface area contributed by atoms with Gasteiger partial charge in [-0.1, -0.05) is 12.1 Å². The van der Waals surface area contributed by atoms with Crippen LogP contribution < -0.4 is 10.6 Å². The minimum absolute atomic E-state index is 0.0346. The van der Waals surface area contributed by atoms with Crippen LogP contribution >= 0.6 is 0 Å². The first-order valence-electron chi connectivity index (χ1n) is 7.67. The van der Waals surface area contributed by atoms with Gasteiger partial charge in [0.05, 0.1) is 24.5 Å². The number of carbonyl (C=O) groups is 2. The molecule has 2 heterocycles. The Labute approximate surface area is 130 Å². The third kappa shape index (κ3) is 3.84. The lowest BCUT2D eigenvalue weighted by Crippen LogP contribution is -2.25. The number of nitrogens with zero attached hydrogens (tertiary/aromatic N) is 2. The van der Waals surface area contributed by atoms with Crippen LogP contribution in [-0.4, -0.2) is 60.9 Å². The van der Waals surface area contributed by atoms with E-state index in [4.69, 9.17) is 0 Å². The summed E-state index contributed by atoms with van der Waals surface area (Å²) < 4.78 is 0. The molecule has 0 atom stereocenters. The fraction of sp³-hybridized carbons (Fsp3) is 0.500. The Morgan fingerprint density at radius 2 is 1.23 bits per heavy atom. The number of amides is 2. The molecule has 0 spiro atoms. The zero-order valence-electron chi connectivity index (χ0n) is 13.1. The molecule has 22 heavy (non-hydrogen) atoms. The first kappa shape index (κ1) is 15.0. The number of carbonyl (C=O) groups excluding carboxylic acids is 2. The number of hydrogen-bond donors (Lipinski definition) is 2. The summed E-state index contributed by atoms with van der Waals surface area (Å²) in [6.07, 6.45) is 0. The number of nitrogens with one attached hydrogen (secondary N) is 2. The Bertz CT molecular complexity index is 553. The molecule has 3 rings (SSSR count). The minimum Gasteiger partial charge on any atom is -0.323 e. The van der Waals surface area contributed by atoms with Gasteiger partial charge in [0.2, 0.25) is 11.8 Å². The molecular formula is C16H22N4O2. The fourth-order valence-corrected chi connectivity index (χ4v) is 2.35.